The van der Waals surface area contributed by atoms with E-state index in [1.165, 1.54) is 34.2 Å². The van der Waals surface area contributed by atoms with Gasteiger partial charge < -0.3 is 4.90 Å². The SMILES string of the molecule is C=CCn1c(SC(C)C(=O)N2CCc3ccccc3C2)nc2scc(-c3ccccc3)c2c1=O. The highest BCUT2D eigenvalue weighted by atomic mass is 32.2. The lowest BCUT2D eigenvalue weighted by Gasteiger charge is -2.30. The van der Waals surface area contributed by atoms with Crippen molar-refractivity contribution in [1.82, 2.24) is 14.5 Å². The summed E-state index contributed by atoms with van der Waals surface area (Å²) >= 11 is 2.81. The van der Waals surface area contributed by atoms with E-state index in [0.29, 0.717) is 35.0 Å². The molecule has 0 radical (unpaired) electrons. The Morgan fingerprint density at radius 1 is 1.18 bits per heavy atom. The molecule has 4 aromatic rings. The highest BCUT2D eigenvalue weighted by molar-refractivity contribution is 8.00. The third-order valence-electron chi connectivity index (χ3n) is 6.13. The van der Waals surface area contributed by atoms with Crippen LogP contribution in [-0.4, -0.2) is 32.2 Å². The fraction of sp³-hybridized carbons (Fsp3) is 0.222. The topological polar surface area (TPSA) is 55.2 Å². The van der Waals surface area contributed by atoms with E-state index in [-0.39, 0.29) is 16.7 Å². The lowest BCUT2D eigenvalue weighted by Crippen LogP contribution is -2.40. The lowest BCUT2D eigenvalue weighted by molar-refractivity contribution is -0.131. The summed E-state index contributed by atoms with van der Waals surface area (Å²) in [5, 5.41) is 2.80. The Kier molecular flexibility index (Phi) is 6.39. The predicted octanol–water partition coefficient (Wildman–Crippen LogP) is 5.38. The first kappa shape index (κ1) is 22.6. The highest BCUT2D eigenvalue weighted by Crippen LogP contribution is 2.33. The third kappa shape index (κ3) is 4.21. The van der Waals surface area contributed by atoms with Crippen molar-refractivity contribution in [3.05, 3.63) is 94.1 Å². The van der Waals surface area contributed by atoms with E-state index in [2.05, 4.69) is 18.7 Å². The number of thioether (sulfide) groups is 1. The van der Waals surface area contributed by atoms with Crippen LogP contribution in [0.5, 0.6) is 0 Å². The summed E-state index contributed by atoms with van der Waals surface area (Å²) in [5.74, 6) is 0.0650. The molecule has 2 aromatic carbocycles. The van der Waals surface area contributed by atoms with E-state index in [4.69, 9.17) is 4.98 Å². The van der Waals surface area contributed by atoms with Crippen molar-refractivity contribution in [2.24, 2.45) is 0 Å². The van der Waals surface area contributed by atoms with Crippen LogP contribution in [0.1, 0.15) is 18.1 Å². The van der Waals surface area contributed by atoms with Crippen LogP contribution in [0.25, 0.3) is 21.3 Å². The van der Waals surface area contributed by atoms with Crippen molar-refractivity contribution in [2.45, 2.75) is 36.8 Å². The molecule has 0 saturated heterocycles. The van der Waals surface area contributed by atoms with Gasteiger partial charge in [-0.15, -0.1) is 17.9 Å². The van der Waals surface area contributed by atoms with Crippen LogP contribution in [0.4, 0.5) is 0 Å². The molecule has 5 nitrogen and oxygen atoms in total. The molecule has 1 amide bonds. The Labute approximate surface area is 206 Å². The van der Waals surface area contributed by atoms with Crippen molar-refractivity contribution in [3.63, 3.8) is 0 Å². The molecule has 0 N–H and O–H groups in total. The molecule has 1 aliphatic rings. The number of rotatable bonds is 6. The summed E-state index contributed by atoms with van der Waals surface area (Å²) < 4.78 is 1.63. The molecule has 1 aliphatic heterocycles. The Morgan fingerprint density at radius 2 is 1.91 bits per heavy atom. The quantitative estimate of drug-likeness (QED) is 0.208. The molecular formula is C27H25N3O2S2. The number of amides is 1. The van der Waals surface area contributed by atoms with Crippen molar-refractivity contribution < 1.29 is 4.79 Å². The zero-order chi connectivity index (χ0) is 23.7. The van der Waals surface area contributed by atoms with Crippen LogP contribution in [0.2, 0.25) is 0 Å². The molecule has 0 fully saturated rings. The molecule has 34 heavy (non-hydrogen) atoms. The molecule has 0 saturated carbocycles. The van der Waals surface area contributed by atoms with Crippen molar-refractivity contribution in [1.29, 1.82) is 0 Å². The normalized spacial score (nSPS) is 14.1. The first-order valence-corrected chi connectivity index (χ1v) is 13.0. The summed E-state index contributed by atoms with van der Waals surface area (Å²) in [5.41, 5.74) is 4.30. The zero-order valence-corrected chi connectivity index (χ0v) is 20.6. The minimum atomic E-state index is -0.362. The fourth-order valence-corrected chi connectivity index (χ4v) is 6.36. The fourth-order valence-electron chi connectivity index (χ4n) is 4.37. The summed E-state index contributed by atoms with van der Waals surface area (Å²) in [4.78, 5) is 34.3. The molecule has 172 valence electrons. The van der Waals surface area contributed by atoms with Gasteiger partial charge in [0.25, 0.3) is 5.56 Å². The van der Waals surface area contributed by atoms with Gasteiger partial charge in [-0.1, -0.05) is 72.4 Å². The number of fused-ring (bicyclic) bond motifs is 2. The number of nitrogens with zero attached hydrogens (tertiary/aromatic N) is 3. The van der Waals surface area contributed by atoms with Crippen LogP contribution >= 0.6 is 23.1 Å². The monoisotopic (exact) mass is 487 g/mol. The molecule has 2 aromatic heterocycles. The van der Waals surface area contributed by atoms with E-state index in [0.717, 1.165) is 17.5 Å². The highest BCUT2D eigenvalue weighted by Gasteiger charge is 2.27. The second-order valence-corrected chi connectivity index (χ2v) is 10.5. The molecule has 1 unspecified atom stereocenters. The Balaban J connectivity index is 1.45. The van der Waals surface area contributed by atoms with Crippen LogP contribution in [-0.2, 0) is 24.3 Å². The standard InChI is InChI=1S/C27H25N3O2S2/c1-3-14-30-26(32)23-22(20-10-5-4-6-11-20)17-33-24(23)28-27(30)34-18(2)25(31)29-15-13-19-9-7-8-12-21(19)16-29/h3-12,17-18H,1,13-16H2,2H3. The third-order valence-corrected chi connectivity index (χ3v) is 8.08. The second-order valence-electron chi connectivity index (χ2n) is 8.33. The number of carbonyl (C=O) groups is 1. The average molecular weight is 488 g/mol. The van der Waals surface area contributed by atoms with E-state index in [1.54, 1.807) is 10.6 Å². The van der Waals surface area contributed by atoms with Gasteiger partial charge in [-0.05, 0) is 30.0 Å². The number of carbonyl (C=O) groups excluding carboxylic acids is 1. The van der Waals surface area contributed by atoms with E-state index in [9.17, 15) is 9.59 Å². The van der Waals surface area contributed by atoms with Crippen molar-refractivity contribution in [2.75, 3.05) is 6.54 Å². The average Bonchev–Trinajstić information content (AvgIpc) is 3.30. The number of benzene rings is 2. The molecule has 0 aliphatic carbocycles. The molecule has 5 rings (SSSR count). The molecule has 0 bridgehead atoms. The van der Waals surface area contributed by atoms with Crippen LogP contribution in [0.15, 0.2) is 82.6 Å². The Bertz CT molecular complexity index is 1430. The summed E-state index contributed by atoms with van der Waals surface area (Å²) in [6, 6.07) is 18.2. The number of aromatic nitrogens is 2. The van der Waals surface area contributed by atoms with Gasteiger partial charge in [-0.3, -0.25) is 14.2 Å². The summed E-state index contributed by atoms with van der Waals surface area (Å²) in [7, 11) is 0. The predicted molar refractivity (Wildman–Crippen MR) is 140 cm³/mol. The van der Waals surface area contributed by atoms with Gasteiger partial charge >= 0.3 is 0 Å². The number of thiophene rings is 1. The minimum Gasteiger partial charge on any atom is -0.337 e. The van der Waals surface area contributed by atoms with Crippen molar-refractivity contribution in [3.8, 4) is 11.1 Å². The van der Waals surface area contributed by atoms with E-state index < -0.39 is 0 Å². The minimum absolute atomic E-state index is 0.0650. The van der Waals surface area contributed by atoms with Gasteiger partial charge in [-0.25, -0.2) is 4.98 Å². The molecule has 7 heteroatoms. The number of allylic oxidation sites excluding steroid dienone is 1. The summed E-state index contributed by atoms with van der Waals surface area (Å²) in [6.45, 7) is 7.39. The Morgan fingerprint density at radius 3 is 2.68 bits per heavy atom. The maximum Gasteiger partial charge on any atom is 0.263 e. The maximum absolute atomic E-state index is 13.6. The largest absolute Gasteiger partial charge is 0.337 e. The second kappa shape index (κ2) is 9.60. The smallest absolute Gasteiger partial charge is 0.263 e. The molecule has 1 atom stereocenters. The van der Waals surface area contributed by atoms with Crippen LogP contribution in [0.3, 0.4) is 0 Å². The van der Waals surface area contributed by atoms with Crippen LogP contribution < -0.4 is 5.56 Å². The maximum atomic E-state index is 13.6. The van der Waals surface area contributed by atoms with Gasteiger partial charge in [0.2, 0.25) is 5.91 Å². The first-order chi connectivity index (χ1) is 16.6. The van der Waals surface area contributed by atoms with E-state index >= 15 is 0 Å². The lowest BCUT2D eigenvalue weighted by atomic mass is 10.00. The number of hydrogen-bond acceptors (Lipinski definition) is 5. The first-order valence-electron chi connectivity index (χ1n) is 11.3. The summed E-state index contributed by atoms with van der Waals surface area (Å²) in [6.07, 6.45) is 2.56. The molecule has 0 spiro atoms. The van der Waals surface area contributed by atoms with Crippen molar-refractivity contribution >= 4 is 39.2 Å². The van der Waals surface area contributed by atoms with E-state index in [1.807, 2.05) is 59.7 Å². The van der Waals surface area contributed by atoms with Gasteiger partial charge in [0.05, 0.1) is 10.6 Å². The molecule has 3 heterocycles. The number of hydrogen-bond donors (Lipinski definition) is 0. The van der Waals surface area contributed by atoms with Gasteiger partial charge in [0, 0.05) is 30.6 Å². The van der Waals surface area contributed by atoms with Crippen LogP contribution in [0, 0.1) is 0 Å². The Hall–Kier alpha value is -3.16. The van der Waals surface area contributed by atoms with Gasteiger partial charge in [-0.2, -0.15) is 0 Å². The zero-order valence-electron chi connectivity index (χ0n) is 18.9. The van der Waals surface area contributed by atoms with Gasteiger partial charge in [0.15, 0.2) is 5.16 Å². The molecular weight excluding hydrogens is 462 g/mol. The van der Waals surface area contributed by atoms with Gasteiger partial charge in [0.1, 0.15) is 4.83 Å².